The van der Waals surface area contributed by atoms with Gasteiger partial charge in [0.05, 0.1) is 39.0 Å². The molecule has 0 atom stereocenters. The molecule has 0 saturated heterocycles. The molecule has 7 nitrogen and oxygen atoms in total. The lowest BCUT2D eigenvalue weighted by molar-refractivity contribution is -0.599. The van der Waals surface area contributed by atoms with Gasteiger partial charge in [-0.05, 0) is 78.9 Å². The Morgan fingerprint density at radius 3 is 1.98 bits per heavy atom. The van der Waals surface area contributed by atoms with Gasteiger partial charge in [-0.15, -0.1) is 0 Å². The monoisotopic (exact) mass is 746 g/mol. The van der Waals surface area contributed by atoms with Crippen molar-refractivity contribution in [2.75, 3.05) is 0 Å². The molecule has 0 spiro atoms. The quantitative estimate of drug-likeness (QED) is 0.126. The van der Waals surface area contributed by atoms with Crippen molar-refractivity contribution in [3.8, 4) is 34.4 Å². The molecule has 0 fully saturated rings. The fourth-order valence-corrected chi connectivity index (χ4v) is 9.04. The molecule has 0 amide bonds. The number of para-hydroxylation sites is 4. The first-order valence-corrected chi connectivity index (χ1v) is 19.4. The molecule has 0 unspecified atom stereocenters. The second-order valence-electron chi connectivity index (χ2n) is 14.7. The van der Waals surface area contributed by atoms with Crippen molar-refractivity contribution in [1.29, 1.82) is 0 Å². The van der Waals surface area contributed by atoms with E-state index >= 15 is 0 Å². The van der Waals surface area contributed by atoms with E-state index in [4.69, 9.17) is 9.72 Å². The van der Waals surface area contributed by atoms with Gasteiger partial charge in [0.1, 0.15) is 17.3 Å². The van der Waals surface area contributed by atoms with Crippen LogP contribution in [-0.2, 0) is 7.05 Å². The van der Waals surface area contributed by atoms with Crippen LogP contribution < -0.4 is 9.30 Å². The Hall–Kier alpha value is -7.90. The maximum atomic E-state index is 6.74. The van der Waals surface area contributed by atoms with E-state index in [1.54, 1.807) is 0 Å². The smallest absolute Gasteiger partial charge is 0.268 e. The Morgan fingerprint density at radius 1 is 0.517 bits per heavy atom. The van der Waals surface area contributed by atoms with Gasteiger partial charge in [-0.1, -0.05) is 84.9 Å². The molecule has 274 valence electrons. The third kappa shape index (κ3) is 4.74. The van der Waals surface area contributed by atoms with Crippen molar-refractivity contribution in [2.45, 2.75) is 0 Å². The summed E-state index contributed by atoms with van der Waals surface area (Å²) < 4.78 is 17.8. The largest absolute Gasteiger partial charge is 0.458 e. The molecular formula is C51H34N6O. The highest BCUT2D eigenvalue weighted by atomic mass is 16.5. The Balaban J connectivity index is 1.15. The van der Waals surface area contributed by atoms with Crippen LogP contribution in [-0.4, -0.2) is 23.3 Å². The maximum Gasteiger partial charge on any atom is 0.268 e. The van der Waals surface area contributed by atoms with Crippen LogP contribution in [0.25, 0.3) is 88.3 Å². The molecule has 0 aliphatic heterocycles. The molecular weight excluding hydrogens is 713 g/mol. The molecule has 0 radical (unpaired) electrons. The lowest BCUT2D eigenvalue weighted by Crippen LogP contribution is -2.28. The highest BCUT2D eigenvalue weighted by Crippen LogP contribution is 2.49. The zero-order chi connectivity index (χ0) is 38.3. The van der Waals surface area contributed by atoms with Crippen LogP contribution in [0.5, 0.6) is 11.5 Å². The first-order chi connectivity index (χ1) is 28.7. The molecule has 0 aliphatic rings. The minimum absolute atomic E-state index is 0.730. The Kier molecular flexibility index (Phi) is 7.01. The van der Waals surface area contributed by atoms with Crippen LogP contribution in [0.2, 0.25) is 0 Å². The summed E-state index contributed by atoms with van der Waals surface area (Å²) >= 11 is 0. The Labute approximate surface area is 333 Å². The van der Waals surface area contributed by atoms with Crippen LogP contribution in [0.1, 0.15) is 0 Å². The number of aromatic nitrogens is 6. The van der Waals surface area contributed by atoms with Crippen molar-refractivity contribution in [3.63, 3.8) is 0 Å². The Bertz CT molecular complexity index is 3540. The number of nitrogens with zero attached hydrogens (tertiary/aromatic N) is 6. The summed E-state index contributed by atoms with van der Waals surface area (Å²) in [6.07, 6.45) is 9.32. The van der Waals surface area contributed by atoms with E-state index in [0.29, 0.717) is 0 Å². The summed E-state index contributed by atoms with van der Waals surface area (Å²) in [6.45, 7) is 0. The third-order valence-corrected chi connectivity index (χ3v) is 11.5. The van der Waals surface area contributed by atoms with Crippen molar-refractivity contribution >= 4 is 65.4 Å². The van der Waals surface area contributed by atoms with E-state index in [9.17, 15) is 0 Å². The number of rotatable bonds is 6. The van der Waals surface area contributed by atoms with Gasteiger partial charge in [-0.3, -0.25) is 13.7 Å². The van der Waals surface area contributed by atoms with E-state index in [0.717, 1.165) is 61.7 Å². The second-order valence-corrected chi connectivity index (χ2v) is 14.7. The van der Waals surface area contributed by atoms with Gasteiger partial charge in [0, 0.05) is 75.2 Å². The van der Waals surface area contributed by atoms with E-state index in [2.05, 4.69) is 154 Å². The van der Waals surface area contributed by atoms with Crippen molar-refractivity contribution < 1.29 is 9.30 Å². The van der Waals surface area contributed by atoms with Crippen molar-refractivity contribution in [3.05, 3.63) is 195 Å². The second kappa shape index (κ2) is 12.6. The van der Waals surface area contributed by atoms with Gasteiger partial charge in [-0.2, -0.15) is 0 Å². The van der Waals surface area contributed by atoms with E-state index in [-0.39, 0.29) is 0 Å². The first-order valence-electron chi connectivity index (χ1n) is 19.4. The van der Waals surface area contributed by atoms with Gasteiger partial charge in [-0.25, -0.2) is 4.98 Å². The number of hydrogen-bond acceptors (Lipinski definition) is 2. The molecule has 0 N–H and O–H groups in total. The number of hydrogen-bond donors (Lipinski definition) is 0. The topological polar surface area (TPSA) is 45.7 Å². The highest BCUT2D eigenvalue weighted by molar-refractivity contribution is 6.40. The molecule has 7 aromatic carbocycles. The number of fused-ring (bicyclic) bond motifs is 12. The normalized spacial score (nSPS) is 11.9. The van der Waals surface area contributed by atoms with Crippen molar-refractivity contribution in [2.24, 2.45) is 7.05 Å². The highest BCUT2D eigenvalue weighted by Gasteiger charge is 2.28. The SMILES string of the molecule is Cn1c2ccccc2c2c3c4ccccc4n(-c4ccccc4)c3c3c4ccc(Oc5cccc(-[n+]6[c-]n(-c7ccccc7)cc6)c5)cc4n(-c4ccccn4)c3c21. The number of benzene rings is 7. The minimum atomic E-state index is 0.730. The third-order valence-electron chi connectivity index (χ3n) is 11.5. The molecule has 12 rings (SSSR count). The molecule has 0 aliphatic carbocycles. The molecule has 7 heteroatoms. The van der Waals surface area contributed by atoms with Crippen LogP contribution >= 0.6 is 0 Å². The number of imidazole rings is 1. The molecule has 12 aromatic rings. The summed E-state index contributed by atoms with van der Waals surface area (Å²) in [5.41, 5.74) is 9.89. The summed E-state index contributed by atoms with van der Waals surface area (Å²) in [6, 6.07) is 59.3. The number of pyridine rings is 1. The van der Waals surface area contributed by atoms with Crippen LogP contribution in [0.4, 0.5) is 0 Å². The average molecular weight is 747 g/mol. The number of ether oxygens (including phenoxy) is 1. The summed E-state index contributed by atoms with van der Waals surface area (Å²) in [4.78, 5) is 5.00. The lowest BCUT2D eigenvalue weighted by atomic mass is 10.0. The van der Waals surface area contributed by atoms with Gasteiger partial charge in [0.15, 0.2) is 0 Å². The van der Waals surface area contributed by atoms with Gasteiger partial charge >= 0.3 is 0 Å². The summed E-state index contributed by atoms with van der Waals surface area (Å²) in [5.74, 6) is 2.30. The molecule has 5 aromatic heterocycles. The summed E-state index contributed by atoms with van der Waals surface area (Å²) in [5, 5.41) is 7.20. The minimum Gasteiger partial charge on any atom is -0.458 e. The maximum absolute atomic E-state index is 6.74. The van der Waals surface area contributed by atoms with Gasteiger partial charge in [0.25, 0.3) is 6.33 Å². The fraction of sp³-hybridized carbons (Fsp3) is 0.0196. The molecule has 0 bridgehead atoms. The predicted octanol–water partition coefficient (Wildman–Crippen LogP) is 11.6. The summed E-state index contributed by atoms with van der Waals surface area (Å²) in [7, 11) is 2.19. The van der Waals surface area contributed by atoms with Gasteiger partial charge in [0.2, 0.25) is 0 Å². The zero-order valence-corrected chi connectivity index (χ0v) is 31.5. The predicted molar refractivity (Wildman–Crippen MR) is 233 cm³/mol. The zero-order valence-electron chi connectivity index (χ0n) is 31.5. The fourth-order valence-electron chi connectivity index (χ4n) is 9.04. The molecule has 58 heavy (non-hydrogen) atoms. The van der Waals surface area contributed by atoms with Crippen LogP contribution in [0.15, 0.2) is 188 Å². The lowest BCUT2D eigenvalue weighted by Gasteiger charge is -2.12. The first kappa shape index (κ1) is 32.4. The van der Waals surface area contributed by atoms with Gasteiger partial charge < -0.3 is 13.9 Å². The Morgan fingerprint density at radius 2 is 1.19 bits per heavy atom. The standard InChI is InChI=1S/C51H34N6O/c1-53-42-23-10-8-21-39(42)47-46-40-22-9-11-24-43(40)56(35-17-6-3-7-18-35)49(46)48-41-27-26-38(32-44(41)57(51(48)50(47)53)45-25-12-13-28-52-45)58-37-20-14-19-36(31-37)55-30-29-54(33-55)34-15-4-2-5-16-34/h2-32H,1H3. The van der Waals surface area contributed by atoms with Crippen LogP contribution in [0.3, 0.4) is 0 Å². The molecule has 0 saturated carbocycles. The van der Waals surface area contributed by atoms with Crippen molar-refractivity contribution in [1.82, 2.24) is 23.3 Å². The van der Waals surface area contributed by atoms with E-state index in [1.807, 2.05) is 70.2 Å². The number of aryl methyl sites for hydroxylation is 1. The van der Waals surface area contributed by atoms with E-state index in [1.165, 1.54) is 38.1 Å². The van der Waals surface area contributed by atoms with E-state index < -0.39 is 0 Å². The average Bonchev–Trinajstić information content (AvgIpc) is 4.05. The van der Waals surface area contributed by atoms with Crippen LogP contribution in [0, 0.1) is 6.33 Å². The molecule has 5 heterocycles.